The van der Waals surface area contributed by atoms with Crippen molar-refractivity contribution in [3.05, 3.63) is 0 Å². The van der Waals surface area contributed by atoms with Gasteiger partial charge in [0.05, 0.1) is 18.3 Å². The van der Waals surface area contributed by atoms with Gasteiger partial charge in [0.25, 0.3) is 0 Å². The zero-order valence-corrected chi connectivity index (χ0v) is 14.7. The van der Waals surface area contributed by atoms with Gasteiger partial charge in [0.15, 0.2) is 0 Å². The van der Waals surface area contributed by atoms with Crippen molar-refractivity contribution in [2.45, 2.75) is 82.4 Å². The standard InChI is InChI=1S/C17H30N4S/c1-13-16(17(18)19-15-10-6-3-7-11-15)22-21(20-13)12-14-8-4-2-5-9-14/h14-16H,2-12H2,1H3,(H2,18,19). The van der Waals surface area contributed by atoms with Crippen molar-refractivity contribution in [1.82, 2.24) is 4.41 Å². The molecule has 1 atom stereocenters. The van der Waals surface area contributed by atoms with Crippen molar-refractivity contribution in [3.8, 4) is 0 Å². The van der Waals surface area contributed by atoms with E-state index < -0.39 is 0 Å². The lowest BCUT2D eigenvalue weighted by atomic mass is 9.89. The fourth-order valence-corrected chi connectivity index (χ4v) is 4.97. The molecule has 0 aromatic carbocycles. The Bertz CT molecular complexity index is 422. The Balaban J connectivity index is 1.54. The molecule has 1 heterocycles. The second kappa shape index (κ2) is 7.71. The summed E-state index contributed by atoms with van der Waals surface area (Å²) in [6, 6.07) is 0.453. The number of nitrogens with zero attached hydrogens (tertiary/aromatic N) is 3. The largest absolute Gasteiger partial charge is 0.386 e. The van der Waals surface area contributed by atoms with Crippen LogP contribution in [0.3, 0.4) is 0 Å². The number of amidine groups is 1. The summed E-state index contributed by atoms with van der Waals surface area (Å²) in [6.45, 7) is 3.18. The van der Waals surface area contributed by atoms with E-state index >= 15 is 0 Å². The molecule has 2 aliphatic carbocycles. The number of rotatable bonds is 4. The van der Waals surface area contributed by atoms with Gasteiger partial charge in [-0.15, -0.1) is 0 Å². The lowest BCUT2D eigenvalue weighted by Crippen LogP contribution is -2.32. The second-order valence-corrected chi connectivity index (χ2v) is 8.22. The predicted molar refractivity (Wildman–Crippen MR) is 96.3 cm³/mol. The van der Waals surface area contributed by atoms with Gasteiger partial charge in [-0.2, -0.15) is 5.10 Å². The average Bonchev–Trinajstić information content (AvgIpc) is 2.90. The van der Waals surface area contributed by atoms with Gasteiger partial charge in [0, 0.05) is 0 Å². The van der Waals surface area contributed by atoms with Crippen LogP contribution in [0.2, 0.25) is 0 Å². The van der Waals surface area contributed by atoms with Gasteiger partial charge in [0.2, 0.25) is 0 Å². The van der Waals surface area contributed by atoms with E-state index in [4.69, 9.17) is 15.8 Å². The van der Waals surface area contributed by atoms with Gasteiger partial charge in [-0.25, -0.2) is 4.41 Å². The van der Waals surface area contributed by atoms with Crippen molar-refractivity contribution >= 4 is 23.5 Å². The first-order valence-corrected chi connectivity index (χ1v) is 9.88. The van der Waals surface area contributed by atoms with E-state index in [1.54, 1.807) is 11.9 Å². The van der Waals surface area contributed by atoms with Crippen LogP contribution in [0.1, 0.15) is 71.1 Å². The summed E-state index contributed by atoms with van der Waals surface area (Å²) in [5.41, 5.74) is 7.44. The Morgan fingerprint density at radius 2 is 1.77 bits per heavy atom. The zero-order valence-electron chi connectivity index (χ0n) is 13.8. The van der Waals surface area contributed by atoms with Crippen LogP contribution in [-0.4, -0.2) is 33.8 Å². The first-order valence-electron chi connectivity index (χ1n) is 9.05. The number of hydrogen-bond donors (Lipinski definition) is 1. The van der Waals surface area contributed by atoms with Crippen LogP contribution < -0.4 is 5.73 Å². The summed E-state index contributed by atoms with van der Waals surface area (Å²) < 4.78 is 2.18. The minimum atomic E-state index is 0.172. The SMILES string of the molecule is CC1=NN(CC2CCCCC2)SC1C(N)=NC1CCCCC1. The number of aliphatic imine (C=N–C) groups is 1. The molecule has 0 radical (unpaired) electrons. The van der Waals surface area contributed by atoms with Gasteiger partial charge < -0.3 is 5.73 Å². The fraction of sp³-hybridized carbons (Fsp3) is 0.882. The highest BCUT2D eigenvalue weighted by molar-refractivity contribution is 7.99. The average molecular weight is 323 g/mol. The molecule has 124 valence electrons. The van der Waals surface area contributed by atoms with Gasteiger partial charge in [-0.3, -0.25) is 4.99 Å². The topological polar surface area (TPSA) is 54.0 Å². The summed E-state index contributed by atoms with van der Waals surface area (Å²) in [5.74, 6) is 1.61. The maximum absolute atomic E-state index is 6.32. The predicted octanol–water partition coefficient (Wildman–Crippen LogP) is 3.96. The van der Waals surface area contributed by atoms with Crippen LogP contribution >= 0.6 is 11.9 Å². The Hall–Kier alpha value is -0.710. The van der Waals surface area contributed by atoms with E-state index in [9.17, 15) is 0 Å². The molecule has 4 nitrogen and oxygen atoms in total. The van der Waals surface area contributed by atoms with Crippen molar-refractivity contribution in [3.63, 3.8) is 0 Å². The first-order chi connectivity index (χ1) is 10.7. The number of nitrogens with two attached hydrogens (primary N) is 1. The molecule has 1 aliphatic heterocycles. The molecular formula is C17H30N4S. The molecule has 22 heavy (non-hydrogen) atoms. The molecule has 0 saturated heterocycles. The smallest absolute Gasteiger partial charge is 0.123 e. The van der Waals surface area contributed by atoms with Crippen LogP contribution in [0.5, 0.6) is 0 Å². The fourth-order valence-electron chi connectivity index (χ4n) is 3.88. The van der Waals surface area contributed by atoms with Crippen molar-refractivity contribution < 1.29 is 0 Å². The molecule has 0 bridgehead atoms. The molecule has 0 amide bonds. The third-order valence-electron chi connectivity index (χ3n) is 5.19. The maximum Gasteiger partial charge on any atom is 0.123 e. The summed E-state index contributed by atoms with van der Waals surface area (Å²) in [4.78, 5) is 4.82. The van der Waals surface area contributed by atoms with Crippen LogP contribution in [0.25, 0.3) is 0 Å². The molecule has 0 aromatic rings. The zero-order chi connectivity index (χ0) is 15.4. The van der Waals surface area contributed by atoms with Crippen molar-refractivity contribution in [2.24, 2.45) is 21.7 Å². The van der Waals surface area contributed by atoms with E-state index in [1.807, 2.05) is 0 Å². The van der Waals surface area contributed by atoms with E-state index in [0.717, 1.165) is 24.0 Å². The molecule has 0 aromatic heterocycles. The second-order valence-electron chi connectivity index (χ2n) is 7.11. The Kier molecular flexibility index (Phi) is 5.66. The van der Waals surface area contributed by atoms with Crippen LogP contribution in [0.4, 0.5) is 0 Å². The highest BCUT2D eigenvalue weighted by atomic mass is 32.2. The lowest BCUT2D eigenvalue weighted by Gasteiger charge is -2.25. The van der Waals surface area contributed by atoms with E-state index in [2.05, 4.69) is 11.3 Å². The Labute approximate surface area is 139 Å². The monoisotopic (exact) mass is 322 g/mol. The molecule has 5 heteroatoms. The van der Waals surface area contributed by atoms with Crippen molar-refractivity contribution in [2.75, 3.05) is 6.54 Å². The number of hydrazone groups is 1. The Morgan fingerprint density at radius 3 is 2.45 bits per heavy atom. The van der Waals surface area contributed by atoms with E-state index in [-0.39, 0.29) is 5.25 Å². The van der Waals surface area contributed by atoms with Gasteiger partial charge >= 0.3 is 0 Å². The third-order valence-corrected chi connectivity index (χ3v) is 6.46. The molecule has 3 rings (SSSR count). The maximum atomic E-state index is 6.32. The molecule has 2 fully saturated rings. The molecule has 0 spiro atoms. The number of hydrogen-bond acceptors (Lipinski definition) is 4. The Morgan fingerprint density at radius 1 is 1.14 bits per heavy atom. The lowest BCUT2D eigenvalue weighted by molar-refractivity contribution is 0.299. The normalized spacial score (nSPS) is 29.0. The van der Waals surface area contributed by atoms with Crippen LogP contribution in [0.15, 0.2) is 10.1 Å². The summed E-state index contributed by atoms with van der Waals surface area (Å²) in [5, 5.41) is 4.90. The van der Waals surface area contributed by atoms with E-state index in [0.29, 0.717) is 6.04 Å². The molecule has 3 aliphatic rings. The minimum absolute atomic E-state index is 0.172. The molecule has 2 saturated carbocycles. The van der Waals surface area contributed by atoms with E-state index in [1.165, 1.54) is 64.2 Å². The first kappa shape index (κ1) is 16.2. The van der Waals surface area contributed by atoms with Gasteiger partial charge in [-0.1, -0.05) is 38.5 Å². The van der Waals surface area contributed by atoms with Crippen LogP contribution in [-0.2, 0) is 0 Å². The molecule has 1 unspecified atom stereocenters. The van der Waals surface area contributed by atoms with Gasteiger partial charge in [0.1, 0.15) is 11.1 Å². The molecule has 2 N–H and O–H groups in total. The van der Waals surface area contributed by atoms with Gasteiger partial charge in [-0.05, 0) is 50.5 Å². The minimum Gasteiger partial charge on any atom is -0.386 e. The highest BCUT2D eigenvalue weighted by Gasteiger charge is 2.30. The van der Waals surface area contributed by atoms with Crippen molar-refractivity contribution in [1.29, 1.82) is 0 Å². The highest BCUT2D eigenvalue weighted by Crippen LogP contribution is 2.32. The molecular weight excluding hydrogens is 292 g/mol. The third kappa shape index (κ3) is 4.18. The summed E-state index contributed by atoms with van der Waals surface area (Å²) in [6.07, 6.45) is 13.3. The summed E-state index contributed by atoms with van der Waals surface area (Å²) >= 11 is 1.78. The quantitative estimate of drug-likeness (QED) is 0.484. The van der Waals surface area contributed by atoms with Crippen LogP contribution in [0, 0.1) is 5.92 Å². The summed E-state index contributed by atoms with van der Waals surface area (Å²) in [7, 11) is 0.